The molecule has 1 amide bonds. The molecule has 6 nitrogen and oxygen atoms in total. The van der Waals surface area contributed by atoms with Gasteiger partial charge in [0, 0.05) is 12.6 Å². The van der Waals surface area contributed by atoms with Crippen molar-refractivity contribution in [3.8, 4) is 11.5 Å². The largest absolute Gasteiger partial charge is 0.497 e. The summed E-state index contributed by atoms with van der Waals surface area (Å²) in [5.74, 6) is 1.22. The number of amides is 1. The summed E-state index contributed by atoms with van der Waals surface area (Å²) in [6, 6.07) is 16.2. The highest BCUT2D eigenvalue weighted by Crippen LogP contribution is 2.22. The predicted octanol–water partition coefficient (Wildman–Crippen LogP) is 2.29. The highest BCUT2D eigenvalue weighted by atomic mass is 32.2. The molecule has 0 radical (unpaired) electrons. The van der Waals surface area contributed by atoms with E-state index in [9.17, 15) is 13.2 Å². The van der Waals surface area contributed by atoms with Crippen LogP contribution in [0.2, 0.25) is 0 Å². The van der Waals surface area contributed by atoms with Crippen LogP contribution in [0.4, 0.5) is 0 Å². The molecule has 144 valence electrons. The minimum Gasteiger partial charge on any atom is -0.497 e. The fourth-order valence-electron chi connectivity index (χ4n) is 3.11. The minimum atomic E-state index is -3.10. The van der Waals surface area contributed by atoms with E-state index < -0.39 is 9.84 Å². The Morgan fingerprint density at radius 2 is 1.78 bits per heavy atom. The maximum absolute atomic E-state index is 12.8. The molecule has 1 aliphatic heterocycles. The molecule has 0 aromatic heterocycles. The number of hydrogen-bond acceptors (Lipinski definition) is 5. The second-order valence-electron chi connectivity index (χ2n) is 6.53. The van der Waals surface area contributed by atoms with Gasteiger partial charge in [0.2, 0.25) is 0 Å². The van der Waals surface area contributed by atoms with Gasteiger partial charge in [0.1, 0.15) is 11.5 Å². The van der Waals surface area contributed by atoms with Crippen LogP contribution in [0.1, 0.15) is 12.0 Å². The number of methoxy groups -OCH3 is 1. The van der Waals surface area contributed by atoms with Crippen LogP contribution in [-0.2, 0) is 21.2 Å². The molecule has 0 N–H and O–H groups in total. The van der Waals surface area contributed by atoms with Crippen LogP contribution < -0.4 is 9.47 Å². The van der Waals surface area contributed by atoms with Crippen LogP contribution in [0.25, 0.3) is 0 Å². The molecule has 1 unspecified atom stereocenters. The van der Waals surface area contributed by atoms with E-state index in [1.807, 2.05) is 42.5 Å². The first-order chi connectivity index (χ1) is 13.0. The fraction of sp³-hybridized carbons (Fsp3) is 0.350. The van der Waals surface area contributed by atoms with Crippen molar-refractivity contribution >= 4 is 15.7 Å². The second-order valence-corrected chi connectivity index (χ2v) is 8.76. The molecule has 1 fully saturated rings. The first kappa shape index (κ1) is 19.2. The summed E-state index contributed by atoms with van der Waals surface area (Å²) >= 11 is 0. The molecule has 1 aliphatic rings. The molecule has 1 saturated heterocycles. The van der Waals surface area contributed by atoms with Gasteiger partial charge in [0.05, 0.1) is 18.6 Å². The van der Waals surface area contributed by atoms with Gasteiger partial charge in [0.25, 0.3) is 5.91 Å². The first-order valence-electron chi connectivity index (χ1n) is 8.77. The Morgan fingerprint density at radius 3 is 2.37 bits per heavy atom. The van der Waals surface area contributed by atoms with E-state index in [4.69, 9.17) is 9.47 Å². The zero-order valence-electron chi connectivity index (χ0n) is 15.2. The first-order valence-corrected chi connectivity index (χ1v) is 10.6. The highest BCUT2D eigenvalue weighted by Gasteiger charge is 2.34. The van der Waals surface area contributed by atoms with Gasteiger partial charge in [0.15, 0.2) is 16.4 Å². The molecular formula is C20H23NO5S. The predicted molar refractivity (Wildman–Crippen MR) is 103 cm³/mol. The van der Waals surface area contributed by atoms with Crippen molar-refractivity contribution < 1.29 is 22.7 Å². The van der Waals surface area contributed by atoms with Gasteiger partial charge in [-0.3, -0.25) is 4.79 Å². The van der Waals surface area contributed by atoms with Crippen molar-refractivity contribution in [3.63, 3.8) is 0 Å². The second kappa shape index (κ2) is 8.43. The van der Waals surface area contributed by atoms with Crippen LogP contribution in [0.3, 0.4) is 0 Å². The number of carbonyl (C=O) groups is 1. The lowest BCUT2D eigenvalue weighted by Gasteiger charge is -2.28. The Balaban J connectivity index is 1.73. The number of hydrogen-bond donors (Lipinski definition) is 0. The summed E-state index contributed by atoms with van der Waals surface area (Å²) in [5.41, 5.74) is 0.910. The Morgan fingerprint density at radius 1 is 1.07 bits per heavy atom. The van der Waals surface area contributed by atoms with Gasteiger partial charge in [-0.05, 0) is 36.2 Å². The Hall–Kier alpha value is -2.54. The van der Waals surface area contributed by atoms with Gasteiger partial charge in [-0.2, -0.15) is 0 Å². The molecule has 7 heteroatoms. The third-order valence-corrected chi connectivity index (χ3v) is 6.34. The van der Waals surface area contributed by atoms with E-state index in [1.165, 1.54) is 0 Å². The van der Waals surface area contributed by atoms with Gasteiger partial charge < -0.3 is 14.4 Å². The van der Waals surface area contributed by atoms with Crippen LogP contribution in [-0.4, -0.2) is 50.5 Å². The Bertz CT molecular complexity index is 865. The van der Waals surface area contributed by atoms with E-state index in [2.05, 4.69) is 0 Å². The van der Waals surface area contributed by atoms with Gasteiger partial charge in [-0.15, -0.1) is 0 Å². The lowest BCUT2D eigenvalue weighted by Crippen LogP contribution is -2.43. The lowest BCUT2D eigenvalue weighted by molar-refractivity contribution is -0.136. The summed E-state index contributed by atoms with van der Waals surface area (Å²) in [6.45, 7) is 0.206. The zero-order chi connectivity index (χ0) is 19.3. The molecule has 0 aliphatic carbocycles. The number of carbonyl (C=O) groups excluding carboxylic acids is 1. The molecule has 3 rings (SSSR count). The third kappa shape index (κ3) is 5.23. The van der Waals surface area contributed by atoms with Gasteiger partial charge in [-0.1, -0.05) is 30.3 Å². The van der Waals surface area contributed by atoms with Crippen LogP contribution in [0, 0.1) is 0 Å². The van der Waals surface area contributed by atoms with E-state index >= 15 is 0 Å². The molecule has 0 bridgehead atoms. The molecule has 2 aromatic carbocycles. The molecule has 1 atom stereocenters. The fourth-order valence-corrected chi connectivity index (χ4v) is 4.85. The van der Waals surface area contributed by atoms with Crippen LogP contribution >= 0.6 is 0 Å². The number of ether oxygens (including phenoxy) is 2. The maximum Gasteiger partial charge on any atom is 0.261 e. The van der Waals surface area contributed by atoms with E-state index in [0.717, 1.165) is 11.3 Å². The van der Waals surface area contributed by atoms with E-state index in [-0.39, 0.29) is 30.1 Å². The minimum absolute atomic E-state index is 0.000230. The van der Waals surface area contributed by atoms with Crippen molar-refractivity contribution in [2.24, 2.45) is 0 Å². The average molecular weight is 389 g/mol. The average Bonchev–Trinajstić information content (AvgIpc) is 3.05. The van der Waals surface area contributed by atoms with Gasteiger partial charge in [-0.25, -0.2) is 8.42 Å². The van der Waals surface area contributed by atoms with Crippen molar-refractivity contribution in [3.05, 3.63) is 60.2 Å². The zero-order valence-corrected chi connectivity index (χ0v) is 16.0. The van der Waals surface area contributed by atoms with E-state index in [1.54, 1.807) is 24.1 Å². The van der Waals surface area contributed by atoms with Crippen LogP contribution in [0.5, 0.6) is 11.5 Å². The smallest absolute Gasteiger partial charge is 0.261 e. The molecule has 1 heterocycles. The summed E-state index contributed by atoms with van der Waals surface area (Å²) < 4.78 is 34.5. The monoisotopic (exact) mass is 389 g/mol. The van der Waals surface area contributed by atoms with Crippen molar-refractivity contribution in [1.29, 1.82) is 0 Å². The number of nitrogens with zero attached hydrogens (tertiary/aromatic N) is 1. The Kier molecular flexibility index (Phi) is 6.01. The van der Waals surface area contributed by atoms with Crippen molar-refractivity contribution in [1.82, 2.24) is 4.90 Å². The lowest BCUT2D eigenvalue weighted by atomic mass is 10.1. The quantitative estimate of drug-likeness (QED) is 0.726. The summed E-state index contributed by atoms with van der Waals surface area (Å²) in [6.07, 6.45) is 0.454. The normalized spacial score (nSPS) is 18.0. The summed E-state index contributed by atoms with van der Waals surface area (Å²) in [5, 5.41) is 0. The standard InChI is InChI=1S/C20H23NO5S/c1-25-18-9-7-16(8-10-18)13-21(17-11-12-27(23,24)15-17)20(22)14-26-19-5-3-2-4-6-19/h2-10,17H,11-15H2,1H3. The van der Waals surface area contributed by atoms with Crippen LogP contribution in [0.15, 0.2) is 54.6 Å². The highest BCUT2D eigenvalue weighted by molar-refractivity contribution is 7.91. The molecule has 0 spiro atoms. The van der Waals surface area contributed by atoms with Crippen molar-refractivity contribution in [2.45, 2.75) is 19.0 Å². The number of rotatable bonds is 7. The third-order valence-electron chi connectivity index (χ3n) is 4.59. The molecule has 0 saturated carbocycles. The van der Waals surface area contributed by atoms with Gasteiger partial charge >= 0.3 is 0 Å². The van der Waals surface area contributed by atoms with E-state index in [0.29, 0.717) is 18.7 Å². The maximum atomic E-state index is 12.8. The molecule has 2 aromatic rings. The molecular weight excluding hydrogens is 366 g/mol. The SMILES string of the molecule is COc1ccc(CN(C(=O)COc2ccccc2)C2CCS(=O)(=O)C2)cc1. The molecule has 27 heavy (non-hydrogen) atoms. The summed E-state index contributed by atoms with van der Waals surface area (Å²) in [4.78, 5) is 14.4. The number of benzene rings is 2. The van der Waals surface area contributed by atoms with Crippen molar-refractivity contribution in [2.75, 3.05) is 25.2 Å². The topological polar surface area (TPSA) is 72.9 Å². The Labute approximate surface area is 159 Å². The number of para-hydroxylation sites is 1. The number of sulfone groups is 1. The summed E-state index contributed by atoms with van der Waals surface area (Å²) in [7, 11) is -1.51.